The number of esters is 3. The molecule has 0 saturated heterocycles. The van der Waals surface area contributed by atoms with Crippen LogP contribution in [0.5, 0.6) is 0 Å². The lowest BCUT2D eigenvalue weighted by Gasteiger charge is -2.18. The smallest absolute Gasteiger partial charge is 0.306 e. The fourth-order valence-electron chi connectivity index (χ4n) is 7.72. The van der Waals surface area contributed by atoms with Crippen LogP contribution < -0.4 is 0 Å². The van der Waals surface area contributed by atoms with E-state index >= 15 is 0 Å². The first kappa shape index (κ1) is 62.8. The number of hydrogen-bond acceptors (Lipinski definition) is 6. The molecular weight excluding hydrogens is 817 g/mol. The normalized spacial score (nSPS) is 12.6. The molecular formula is C60H104O6. The van der Waals surface area contributed by atoms with E-state index in [0.29, 0.717) is 19.3 Å². The highest BCUT2D eigenvalue weighted by atomic mass is 16.6. The van der Waals surface area contributed by atoms with Gasteiger partial charge in [0.15, 0.2) is 6.10 Å². The van der Waals surface area contributed by atoms with E-state index < -0.39 is 6.10 Å². The summed E-state index contributed by atoms with van der Waals surface area (Å²) in [5, 5.41) is 0. The lowest BCUT2D eigenvalue weighted by atomic mass is 10.1. The average molecular weight is 921 g/mol. The first-order chi connectivity index (χ1) is 32.5. The van der Waals surface area contributed by atoms with E-state index in [-0.39, 0.29) is 31.1 Å². The Balaban J connectivity index is 4.39. The standard InChI is InChI=1S/C60H104O6/c1-4-7-10-13-16-19-22-25-27-29-30-32-33-35-38-41-44-47-50-53-59(62)65-56-57(55-64-58(61)52-49-46-43-40-37-24-21-18-15-12-9-6-3)66-60(63)54-51-48-45-42-39-36-34-31-28-26-23-20-17-14-11-8-5-2/h9,12,17-18,20-21,26,28-30,37,40,57H,4-8,10-11,13-16,19,22-25,27,31-36,38-39,41-56H2,1-3H3/b12-9-,20-17-,21-18-,28-26-,30-29-,40-37-. The third kappa shape index (κ3) is 51.8. The molecule has 1 atom stereocenters. The Labute approximate surface area is 408 Å². The van der Waals surface area contributed by atoms with Crippen LogP contribution in [0.2, 0.25) is 0 Å². The van der Waals surface area contributed by atoms with Gasteiger partial charge in [-0.3, -0.25) is 14.4 Å². The molecule has 0 amide bonds. The highest BCUT2D eigenvalue weighted by molar-refractivity contribution is 5.71. The van der Waals surface area contributed by atoms with Crippen molar-refractivity contribution in [2.75, 3.05) is 13.2 Å². The number of hydrogen-bond donors (Lipinski definition) is 0. The van der Waals surface area contributed by atoms with Crippen molar-refractivity contribution in [1.29, 1.82) is 0 Å². The zero-order valence-electron chi connectivity index (χ0n) is 43.4. The van der Waals surface area contributed by atoms with Gasteiger partial charge in [0, 0.05) is 19.3 Å². The zero-order chi connectivity index (χ0) is 47.9. The van der Waals surface area contributed by atoms with Gasteiger partial charge in [0.2, 0.25) is 0 Å². The van der Waals surface area contributed by atoms with Crippen LogP contribution in [-0.2, 0) is 28.6 Å². The van der Waals surface area contributed by atoms with Crippen LogP contribution in [0.1, 0.15) is 271 Å². The predicted molar refractivity (Wildman–Crippen MR) is 284 cm³/mol. The van der Waals surface area contributed by atoms with Gasteiger partial charge < -0.3 is 14.2 Å². The molecule has 0 aliphatic heterocycles. The molecule has 0 saturated carbocycles. The summed E-state index contributed by atoms with van der Waals surface area (Å²) in [5.41, 5.74) is 0. The van der Waals surface area contributed by atoms with E-state index in [1.807, 2.05) is 0 Å². The maximum absolute atomic E-state index is 12.8. The van der Waals surface area contributed by atoms with Crippen LogP contribution in [0.3, 0.4) is 0 Å². The first-order valence-electron chi connectivity index (χ1n) is 27.9. The van der Waals surface area contributed by atoms with Crippen molar-refractivity contribution in [2.45, 2.75) is 277 Å². The van der Waals surface area contributed by atoms with Crippen LogP contribution in [0.25, 0.3) is 0 Å². The van der Waals surface area contributed by atoms with E-state index in [4.69, 9.17) is 14.2 Å². The third-order valence-electron chi connectivity index (χ3n) is 11.9. The van der Waals surface area contributed by atoms with E-state index in [1.54, 1.807) is 0 Å². The number of allylic oxidation sites excluding steroid dienone is 12. The maximum Gasteiger partial charge on any atom is 0.306 e. The Morgan fingerprint density at radius 3 is 1.00 bits per heavy atom. The molecule has 0 N–H and O–H groups in total. The van der Waals surface area contributed by atoms with Crippen molar-refractivity contribution in [3.05, 3.63) is 72.9 Å². The van der Waals surface area contributed by atoms with Gasteiger partial charge in [-0.25, -0.2) is 0 Å². The van der Waals surface area contributed by atoms with Gasteiger partial charge in [0.25, 0.3) is 0 Å². The molecule has 0 radical (unpaired) electrons. The topological polar surface area (TPSA) is 78.9 Å². The lowest BCUT2D eigenvalue weighted by Crippen LogP contribution is -2.30. The van der Waals surface area contributed by atoms with Crippen molar-refractivity contribution in [1.82, 2.24) is 0 Å². The minimum Gasteiger partial charge on any atom is -0.462 e. The molecule has 0 aliphatic rings. The highest BCUT2D eigenvalue weighted by Crippen LogP contribution is 2.15. The van der Waals surface area contributed by atoms with Gasteiger partial charge in [-0.05, 0) is 109 Å². The molecule has 0 heterocycles. The Morgan fingerprint density at radius 1 is 0.318 bits per heavy atom. The van der Waals surface area contributed by atoms with Gasteiger partial charge >= 0.3 is 17.9 Å². The Kier molecular flexibility index (Phi) is 51.9. The van der Waals surface area contributed by atoms with Crippen molar-refractivity contribution >= 4 is 17.9 Å². The summed E-state index contributed by atoms with van der Waals surface area (Å²) >= 11 is 0. The molecule has 1 unspecified atom stereocenters. The van der Waals surface area contributed by atoms with Crippen molar-refractivity contribution in [3.63, 3.8) is 0 Å². The molecule has 0 aliphatic carbocycles. The molecule has 0 aromatic heterocycles. The SMILES string of the molecule is CC/C=C\C/C=C\C/C=C\CCCCC(=O)OCC(COC(=O)CCCCCCCCC/C=C\CCCCCCCCCC)OC(=O)CCCCCCCCC/C=C\C/C=C\CCCCC. The zero-order valence-corrected chi connectivity index (χ0v) is 43.4. The molecule has 66 heavy (non-hydrogen) atoms. The Hall–Kier alpha value is -3.15. The number of ether oxygens (including phenoxy) is 3. The highest BCUT2D eigenvalue weighted by Gasteiger charge is 2.19. The second-order valence-electron chi connectivity index (χ2n) is 18.5. The van der Waals surface area contributed by atoms with Crippen LogP contribution in [0.4, 0.5) is 0 Å². The third-order valence-corrected chi connectivity index (χ3v) is 11.9. The molecule has 0 rings (SSSR count). The number of carbonyl (C=O) groups excluding carboxylic acids is 3. The quantitative estimate of drug-likeness (QED) is 0.0262. The fourth-order valence-corrected chi connectivity index (χ4v) is 7.72. The van der Waals surface area contributed by atoms with Crippen molar-refractivity contribution in [3.8, 4) is 0 Å². The second-order valence-corrected chi connectivity index (χ2v) is 18.5. The first-order valence-corrected chi connectivity index (χ1v) is 27.9. The van der Waals surface area contributed by atoms with Crippen LogP contribution in [0.15, 0.2) is 72.9 Å². The number of carbonyl (C=O) groups is 3. The van der Waals surface area contributed by atoms with E-state index in [1.165, 1.54) is 141 Å². The summed E-state index contributed by atoms with van der Waals surface area (Å²) < 4.78 is 16.8. The molecule has 6 nitrogen and oxygen atoms in total. The Morgan fingerprint density at radius 2 is 0.591 bits per heavy atom. The average Bonchev–Trinajstić information content (AvgIpc) is 3.31. The second kappa shape index (κ2) is 54.5. The van der Waals surface area contributed by atoms with Gasteiger partial charge in [0.1, 0.15) is 13.2 Å². The summed E-state index contributed by atoms with van der Waals surface area (Å²) in [5.74, 6) is -0.941. The van der Waals surface area contributed by atoms with Crippen LogP contribution >= 0.6 is 0 Å². The van der Waals surface area contributed by atoms with Gasteiger partial charge in [-0.2, -0.15) is 0 Å². The van der Waals surface area contributed by atoms with Gasteiger partial charge in [-0.15, -0.1) is 0 Å². The predicted octanol–water partition coefficient (Wildman–Crippen LogP) is 18.6. The summed E-state index contributed by atoms with van der Waals surface area (Å²) in [7, 11) is 0. The molecule has 0 bridgehead atoms. The molecule has 6 heteroatoms. The van der Waals surface area contributed by atoms with Gasteiger partial charge in [0.05, 0.1) is 0 Å². The molecule has 0 aromatic rings. The van der Waals surface area contributed by atoms with E-state index in [2.05, 4.69) is 93.7 Å². The van der Waals surface area contributed by atoms with Crippen molar-refractivity contribution in [2.24, 2.45) is 0 Å². The van der Waals surface area contributed by atoms with Crippen LogP contribution in [0, 0.1) is 0 Å². The van der Waals surface area contributed by atoms with E-state index in [0.717, 1.165) is 89.9 Å². The minimum absolute atomic E-state index is 0.0928. The Bertz CT molecular complexity index is 1240. The number of unbranched alkanes of at least 4 members (excludes halogenated alkanes) is 27. The summed E-state index contributed by atoms with van der Waals surface area (Å²) in [4.78, 5) is 38.1. The summed E-state index contributed by atoms with van der Waals surface area (Å²) in [6.45, 7) is 6.47. The van der Waals surface area contributed by atoms with E-state index in [9.17, 15) is 14.4 Å². The maximum atomic E-state index is 12.8. The fraction of sp³-hybridized carbons (Fsp3) is 0.750. The van der Waals surface area contributed by atoms with Crippen LogP contribution in [-0.4, -0.2) is 37.2 Å². The monoisotopic (exact) mass is 921 g/mol. The minimum atomic E-state index is -0.797. The summed E-state index contributed by atoms with van der Waals surface area (Å²) in [6.07, 6.45) is 69.0. The van der Waals surface area contributed by atoms with Crippen molar-refractivity contribution < 1.29 is 28.6 Å². The molecule has 0 fully saturated rings. The molecule has 0 aromatic carbocycles. The summed E-state index contributed by atoms with van der Waals surface area (Å²) in [6, 6.07) is 0. The number of rotatable bonds is 50. The molecule has 0 spiro atoms. The molecule has 380 valence electrons. The largest absolute Gasteiger partial charge is 0.462 e. The van der Waals surface area contributed by atoms with Gasteiger partial charge in [-0.1, -0.05) is 216 Å². The lowest BCUT2D eigenvalue weighted by molar-refractivity contribution is -0.167.